The van der Waals surface area contributed by atoms with Crippen molar-refractivity contribution in [2.45, 2.75) is 30.4 Å². The summed E-state index contributed by atoms with van der Waals surface area (Å²) in [5.41, 5.74) is 1.06. The third-order valence-corrected chi connectivity index (χ3v) is 8.15. The van der Waals surface area contributed by atoms with Crippen molar-refractivity contribution in [1.29, 1.82) is 0 Å². The van der Waals surface area contributed by atoms with E-state index in [1.54, 1.807) is 7.11 Å². The van der Waals surface area contributed by atoms with Gasteiger partial charge < -0.3 is 18.9 Å². The molecule has 9 nitrogen and oxygen atoms in total. The first-order valence-electron chi connectivity index (χ1n) is 14.3. The molecule has 1 N–H and O–H groups in total. The molecule has 1 aromatic heterocycles. The molecule has 0 unspecified atom stereocenters. The van der Waals surface area contributed by atoms with E-state index in [9.17, 15) is 9.59 Å². The van der Waals surface area contributed by atoms with Crippen molar-refractivity contribution in [1.82, 2.24) is 14.5 Å². The van der Waals surface area contributed by atoms with Crippen LogP contribution in [0.2, 0.25) is 0 Å². The van der Waals surface area contributed by atoms with Gasteiger partial charge in [0, 0.05) is 25.4 Å². The van der Waals surface area contributed by atoms with Gasteiger partial charge in [-0.3, -0.25) is 19.2 Å². The first kappa shape index (κ1) is 28.1. The van der Waals surface area contributed by atoms with E-state index in [1.165, 1.54) is 16.8 Å². The van der Waals surface area contributed by atoms with Gasteiger partial charge in [0.05, 0.1) is 39.1 Å². The number of rotatable bonds is 9. The van der Waals surface area contributed by atoms with Crippen LogP contribution in [0.25, 0.3) is 0 Å². The number of nitrogens with one attached hydrogen (secondary N) is 1. The molecule has 3 atom stereocenters. The number of morpholine rings is 1. The number of benzene rings is 3. The van der Waals surface area contributed by atoms with Crippen LogP contribution in [0.5, 0.6) is 5.75 Å². The number of aromatic amines is 1. The van der Waals surface area contributed by atoms with E-state index in [0.717, 1.165) is 35.5 Å². The van der Waals surface area contributed by atoms with Crippen LogP contribution in [0.3, 0.4) is 0 Å². The lowest BCUT2D eigenvalue weighted by atomic mass is 9.80. The molecule has 2 fully saturated rings. The minimum Gasteiger partial charge on any atom is -0.497 e. The maximum atomic E-state index is 12.8. The zero-order valence-electron chi connectivity index (χ0n) is 23.6. The van der Waals surface area contributed by atoms with Gasteiger partial charge in [0.15, 0.2) is 6.23 Å². The summed E-state index contributed by atoms with van der Waals surface area (Å²) in [6.45, 7) is 2.98. The number of methoxy groups -OCH3 is 1. The molecule has 0 bridgehead atoms. The lowest BCUT2D eigenvalue weighted by Gasteiger charge is -2.36. The molecular weight excluding hydrogens is 534 g/mol. The molecule has 3 aromatic carbocycles. The maximum Gasteiger partial charge on any atom is 0.330 e. The number of ether oxygens (including phenoxy) is 4. The first-order chi connectivity index (χ1) is 20.6. The largest absolute Gasteiger partial charge is 0.497 e. The van der Waals surface area contributed by atoms with Crippen molar-refractivity contribution in [3.05, 3.63) is 135 Å². The van der Waals surface area contributed by atoms with Crippen LogP contribution >= 0.6 is 0 Å². The van der Waals surface area contributed by atoms with Crippen molar-refractivity contribution < 1.29 is 18.9 Å². The predicted molar refractivity (Wildman–Crippen MR) is 158 cm³/mol. The highest BCUT2D eigenvalue weighted by Gasteiger charge is 2.44. The Morgan fingerprint density at radius 3 is 2.07 bits per heavy atom. The average Bonchev–Trinajstić information content (AvgIpc) is 3.47. The summed E-state index contributed by atoms with van der Waals surface area (Å²) in [6.07, 6.45) is 1.27. The Balaban J connectivity index is 1.37. The SMILES string of the molecule is COc1ccc(C(OC[C@H]2C[C@H](N3CCOCC3)[C@@H](n3ccc(=O)[nH]c3=O)O2)(c2ccccc2)c2ccccc2)cc1. The highest BCUT2D eigenvalue weighted by molar-refractivity contribution is 5.48. The Bertz CT molecular complexity index is 1530. The van der Waals surface area contributed by atoms with Gasteiger partial charge in [0.2, 0.25) is 0 Å². The van der Waals surface area contributed by atoms with E-state index >= 15 is 0 Å². The zero-order chi connectivity index (χ0) is 28.9. The Hall–Kier alpha value is -4.02. The number of nitrogens with zero attached hydrogens (tertiary/aromatic N) is 2. The van der Waals surface area contributed by atoms with Crippen molar-refractivity contribution in [2.24, 2.45) is 0 Å². The van der Waals surface area contributed by atoms with Gasteiger partial charge >= 0.3 is 5.69 Å². The Morgan fingerprint density at radius 1 is 0.857 bits per heavy atom. The van der Waals surface area contributed by atoms with Gasteiger partial charge in [-0.2, -0.15) is 0 Å². The van der Waals surface area contributed by atoms with Crippen molar-refractivity contribution in [3.63, 3.8) is 0 Å². The van der Waals surface area contributed by atoms with Gasteiger partial charge in [-0.15, -0.1) is 0 Å². The van der Waals surface area contributed by atoms with Crippen LogP contribution in [-0.4, -0.2) is 66.6 Å². The summed E-state index contributed by atoms with van der Waals surface area (Å²) in [4.78, 5) is 29.3. The molecule has 2 aliphatic rings. The summed E-state index contributed by atoms with van der Waals surface area (Å²) in [5, 5.41) is 0. The number of H-pyrrole nitrogens is 1. The van der Waals surface area contributed by atoms with Crippen molar-refractivity contribution in [2.75, 3.05) is 40.0 Å². The van der Waals surface area contributed by atoms with E-state index in [1.807, 2.05) is 60.7 Å². The quantitative estimate of drug-likeness (QED) is 0.308. The van der Waals surface area contributed by atoms with Crippen molar-refractivity contribution >= 4 is 0 Å². The Kier molecular flexibility index (Phi) is 8.34. The molecule has 9 heteroatoms. The lowest BCUT2D eigenvalue weighted by Crippen LogP contribution is -2.47. The van der Waals surface area contributed by atoms with Crippen LogP contribution in [0.15, 0.2) is 107 Å². The monoisotopic (exact) mass is 569 g/mol. The van der Waals surface area contributed by atoms with Gasteiger partial charge in [-0.05, 0) is 35.2 Å². The fourth-order valence-corrected chi connectivity index (χ4v) is 6.09. The average molecular weight is 570 g/mol. The van der Waals surface area contributed by atoms with Crippen LogP contribution in [-0.2, 0) is 19.8 Å². The van der Waals surface area contributed by atoms with Crippen LogP contribution in [0.1, 0.15) is 29.3 Å². The summed E-state index contributed by atoms with van der Waals surface area (Å²) in [7, 11) is 1.65. The molecule has 2 aliphatic heterocycles. The predicted octanol–water partition coefficient (Wildman–Crippen LogP) is 3.54. The van der Waals surface area contributed by atoms with Crippen molar-refractivity contribution in [3.8, 4) is 5.75 Å². The number of hydrogen-bond acceptors (Lipinski definition) is 7. The number of hydrogen-bond donors (Lipinski definition) is 1. The van der Waals surface area contributed by atoms with E-state index in [0.29, 0.717) is 19.6 Å². The first-order valence-corrected chi connectivity index (χ1v) is 14.3. The third kappa shape index (κ3) is 5.56. The molecule has 0 saturated carbocycles. The minimum absolute atomic E-state index is 0.0880. The number of aromatic nitrogens is 2. The van der Waals surface area contributed by atoms with Gasteiger partial charge in [0.1, 0.15) is 11.4 Å². The molecule has 4 aromatic rings. The molecule has 0 spiro atoms. The molecule has 218 valence electrons. The summed E-state index contributed by atoms with van der Waals surface area (Å²) in [5.74, 6) is 0.760. The summed E-state index contributed by atoms with van der Waals surface area (Å²) < 4.78 is 26.2. The second kappa shape index (κ2) is 12.5. The summed E-state index contributed by atoms with van der Waals surface area (Å²) >= 11 is 0. The van der Waals surface area contributed by atoms with Crippen LogP contribution in [0, 0.1) is 0 Å². The minimum atomic E-state index is -0.931. The summed E-state index contributed by atoms with van der Waals surface area (Å²) in [6, 6.07) is 29.6. The lowest BCUT2D eigenvalue weighted by molar-refractivity contribution is -0.0876. The smallest absolute Gasteiger partial charge is 0.330 e. The third-order valence-electron chi connectivity index (χ3n) is 8.15. The molecule has 0 aliphatic carbocycles. The normalized spacial score (nSPS) is 21.3. The molecule has 6 rings (SSSR count). The Morgan fingerprint density at radius 2 is 1.48 bits per heavy atom. The van der Waals surface area contributed by atoms with Gasteiger partial charge in [-0.25, -0.2) is 4.79 Å². The molecule has 3 heterocycles. The van der Waals surface area contributed by atoms with Gasteiger partial charge in [0.25, 0.3) is 5.56 Å². The molecule has 0 radical (unpaired) electrons. The van der Waals surface area contributed by atoms with E-state index in [4.69, 9.17) is 18.9 Å². The second-order valence-electron chi connectivity index (χ2n) is 10.6. The van der Waals surface area contributed by atoms with Crippen LogP contribution in [0.4, 0.5) is 0 Å². The highest BCUT2D eigenvalue weighted by Crippen LogP contribution is 2.42. The Labute approximate surface area is 244 Å². The van der Waals surface area contributed by atoms with E-state index in [2.05, 4.69) is 34.1 Å². The van der Waals surface area contributed by atoms with E-state index in [-0.39, 0.29) is 18.8 Å². The fraction of sp³-hybridized carbons (Fsp3) is 0.333. The molecular formula is C33H35N3O6. The molecule has 42 heavy (non-hydrogen) atoms. The zero-order valence-corrected chi connectivity index (χ0v) is 23.6. The standard InChI is InChI=1S/C33H35N3O6/c1-39-27-14-12-26(13-15-27)33(24-8-4-2-5-9-24,25-10-6-3-7-11-25)41-23-28-22-29(35-18-20-40-21-19-35)31(42-28)36-17-16-30(37)34-32(36)38/h2-17,28-29,31H,18-23H2,1H3,(H,34,37,38)/t28-,29+,31+/m1/s1. The van der Waals surface area contributed by atoms with Gasteiger partial charge in [-0.1, -0.05) is 72.8 Å². The van der Waals surface area contributed by atoms with Crippen LogP contribution < -0.4 is 16.0 Å². The maximum absolute atomic E-state index is 12.8. The highest BCUT2D eigenvalue weighted by atomic mass is 16.6. The second-order valence-corrected chi connectivity index (χ2v) is 10.6. The topological polar surface area (TPSA) is 95.0 Å². The molecule has 0 amide bonds. The molecule has 2 saturated heterocycles. The van der Waals surface area contributed by atoms with E-state index < -0.39 is 23.1 Å². The fourth-order valence-electron chi connectivity index (χ4n) is 6.09.